The van der Waals surface area contributed by atoms with Crippen molar-refractivity contribution in [3.8, 4) is 12.3 Å². The lowest BCUT2D eigenvalue weighted by molar-refractivity contribution is 0.213. The number of urea groups is 1. The van der Waals surface area contributed by atoms with Gasteiger partial charge in [-0.15, -0.1) is 6.42 Å². The van der Waals surface area contributed by atoms with E-state index in [0.717, 1.165) is 10.0 Å². The van der Waals surface area contributed by atoms with E-state index in [9.17, 15) is 4.79 Å². The minimum atomic E-state index is -0.427. The molecule has 2 rings (SSSR count). The first kappa shape index (κ1) is 11.6. The van der Waals surface area contributed by atoms with Gasteiger partial charge in [0.05, 0.1) is 6.54 Å². The van der Waals surface area contributed by atoms with Crippen molar-refractivity contribution in [2.45, 2.75) is 6.04 Å². The molecule has 0 saturated carbocycles. The molecule has 1 aliphatic rings. The molecule has 2 heterocycles. The number of amidine groups is 1. The van der Waals surface area contributed by atoms with E-state index in [0.29, 0.717) is 0 Å². The molecule has 0 radical (unpaired) electrons. The van der Waals surface area contributed by atoms with Crippen molar-refractivity contribution in [2.75, 3.05) is 6.54 Å². The number of hydrogen-bond acceptors (Lipinski definition) is 3. The lowest BCUT2D eigenvalue weighted by Gasteiger charge is -2.22. The van der Waals surface area contributed by atoms with Gasteiger partial charge in [0.25, 0.3) is 0 Å². The Balaban J connectivity index is 2.39. The number of carbonyl (C=O) groups is 1. The first-order valence-electron chi connectivity index (χ1n) is 4.82. The predicted octanol–water partition coefficient (Wildman–Crippen LogP) is 1.31. The zero-order valence-electron chi connectivity index (χ0n) is 8.80. The molecule has 0 bridgehead atoms. The average molecular weight is 293 g/mol. The summed E-state index contributed by atoms with van der Waals surface area (Å²) >= 11 is 3.32. The van der Waals surface area contributed by atoms with E-state index in [1.807, 2.05) is 6.07 Å². The number of terminal acetylenes is 1. The summed E-state index contributed by atoms with van der Waals surface area (Å²) in [5, 5.41) is 0. The third kappa shape index (κ3) is 2.15. The second-order valence-electron chi connectivity index (χ2n) is 3.49. The number of nitrogens with zero attached hydrogens (tertiary/aromatic N) is 3. The molecule has 86 valence electrons. The molecule has 0 aromatic carbocycles. The van der Waals surface area contributed by atoms with Crippen LogP contribution in [0.5, 0.6) is 0 Å². The molecule has 5 nitrogen and oxygen atoms in total. The second-order valence-corrected chi connectivity index (χ2v) is 4.41. The molecule has 6 heteroatoms. The summed E-state index contributed by atoms with van der Waals surface area (Å²) in [7, 11) is 0. The van der Waals surface area contributed by atoms with Crippen LogP contribution in [0.1, 0.15) is 11.6 Å². The molecule has 0 saturated heterocycles. The molecular formula is C11H9BrN4O. The normalized spacial score (nSPS) is 19.1. The van der Waals surface area contributed by atoms with Gasteiger partial charge in [0.2, 0.25) is 0 Å². The average Bonchev–Trinajstić information content (AvgIpc) is 2.54. The van der Waals surface area contributed by atoms with Crippen LogP contribution in [-0.4, -0.2) is 28.3 Å². The predicted molar refractivity (Wildman–Crippen MR) is 67.2 cm³/mol. The molecule has 17 heavy (non-hydrogen) atoms. The molecule has 0 aliphatic carbocycles. The number of amides is 2. The maximum atomic E-state index is 11.6. The van der Waals surface area contributed by atoms with E-state index in [4.69, 9.17) is 12.2 Å². The van der Waals surface area contributed by atoms with Gasteiger partial charge in [-0.2, -0.15) is 4.99 Å². The Morgan fingerprint density at radius 3 is 3.00 bits per heavy atom. The van der Waals surface area contributed by atoms with E-state index in [1.165, 1.54) is 4.90 Å². The van der Waals surface area contributed by atoms with Crippen LogP contribution < -0.4 is 5.73 Å². The van der Waals surface area contributed by atoms with Crippen LogP contribution in [0.2, 0.25) is 0 Å². The SMILES string of the molecule is C#CCN1C(=O)N=C(N)C1c1cncc(Br)c1. The lowest BCUT2D eigenvalue weighted by atomic mass is 10.1. The summed E-state index contributed by atoms with van der Waals surface area (Å²) in [6.07, 6.45) is 8.52. The van der Waals surface area contributed by atoms with E-state index in [1.54, 1.807) is 12.4 Å². The van der Waals surface area contributed by atoms with Crippen molar-refractivity contribution in [3.05, 3.63) is 28.5 Å². The van der Waals surface area contributed by atoms with Crippen LogP contribution in [0.25, 0.3) is 0 Å². The molecule has 0 spiro atoms. The largest absolute Gasteiger partial charge is 0.385 e. The van der Waals surface area contributed by atoms with Gasteiger partial charge in [-0.25, -0.2) is 4.79 Å². The fourth-order valence-electron chi connectivity index (χ4n) is 1.69. The number of nitrogens with two attached hydrogens (primary N) is 1. The number of aliphatic imine (C=N–C) groups is 1. The molecule has 2 amide bonds. The van der Waals surface area contributed by atoms with Gasteiger partial charge >= 0.3 is 6.03 Å². The van der Waals surface area contributed by atoms with E-state index >= 15 is 0 Å². The molecule has 1 aliphatic heterocycles. The summed E-state index contributed by atoms with van der Waals surface area (Å²) in [5.41, 5.74) is 6.53. The Bertz CT molecular complexity index is 535. The number of rotatable bonds is 2. The summed E-state index contributed by atoms with van der Waals surface area (Å²) in [4.78, 5) is 20.8. The van der Waals surface area contributed by atoms with Gasteiger partial charge in [0.15, 0.2) is 0 Å². The molecule has 1 unspecified atom stereocenters. The summed E-state index contributed by atoms with van der Waals surface area (Å²) in [6.45, 7) is 0.167. The van der Waals surface area contributed by atoms with Gasteiger partial charge in [-0.1, -0.05) is 5.92 Å². The van der Waals surface area contributed by atoms with Crippen molar-refractivity contribution in [2.24, 2.45) is 10.7 Å². The fourth-order valence-corrected chi connectivity index (χ4v) is 2.07. The smallest absolute Gasteiger partial charge is 0.346 e. The maximum Gasteiger partial charge on any atom is 0.346 e. The third-order valence-electron chi connectivity index (χ3n) is 2.37. The highest BCUT2D eigenvalue weighted by atomic mass is 79.9. The topological polar surface area (TPSA) is 71.6 Å². The molecule has 1 atom stereocenters. The van der Waals surface area contributed by atoms with Crippen LogP contribution in [-0.2, 0) is 0 Å². The van der Waals surface area contributed by atoms with Gasteiger partial charge < -0.3 is 5.73 Å². The molecule has 2 N–H and O–H groups in total. The monoisotopic (exact) mass is 292 g/mol. The molecule has 1 aromatic rings. The second kappa shape index (κ2) is 4.55. The highest BCUT2D eigenvalue weighted by Gasteiger charge is 2.34. The third-order valence-corrected chi connectivity index (χ3v) is 2.80. The maximum absolute atomic E-state index is 11.6. The number of hydrogen-bond donors (Lipinski definition) is 1. The van der Waals surface area contributed by atoms with Gasteiger partial charge in [-0.3, -0.25) is 9.88 Å². The van der Waals surface area contributed by atoms with Crippen LogP contribution >= 0.6 is 15.9 Å². The first-order chi connectivity index (χ1) is 8.13. The highest BCUT2D eigenvalue weighted by molar-refractivity contribution is 9.10. The zero-order valence-corrected chi connectivity index (χ0v) is 10.4. The number of pyridine rings is 1. The summed E-state index contributed by atoms with van der Waals surface area (Å²) in [6, 6.07) is 0.997. The fraction of sp³-hybridized carbons (Fsp3) is 0.182. The summed E-state index contributed by atoms with van der Waals surface area (Å²) in [5.74, 6) is 2.66. The van der Waals surface area contributed by atoms with Crippen LogP contribution in [0, 0.1) is 12.3 Å². The van der Waals surface area contributed by atoms with Crippen molar-refractivity contribution >= 4 is 27.8 Å². The zero-order chi connectivity index (χ0) is 12.4. The number of carbonyl (C=O) groups excluding carboxylic acids is 1. The van der Waals surface area contributed by atoms with Crippen molar-refractivity contribution in [1.82, 2.24) is 9.88 Å². The lowest BCUT2D eigenvalue weighted by Crippen LogP contribution is -2.33. The van der Waals surface area contributed by atoms with Gasteiger partial charge in [-0.05, 0) is 22.0 Å². The number of aromatic nitrogens is 1. The molecule has 0 fully saturated rings. The first-order valence-corrected chi connectivity index (χ1v) is 5.61. The van der Waals surface area contributed by atoms with Crippen LogP contribution in [0.3, 0.4) is 0 Å². The quantitative estimate of drug-likeness (QED) is 0.836. The Labute approximate surface area is 107 Å². The highest BCUT2D eigenvalue weighted by Crippen LogP contribution is 2.27. The number of halogens is 1. The van der Waals surface area contributed by atoms with Gasteiger partial charge in [0.1, 0.15) is 11.9 Å². The van der Waals surface area contributed by atoms with E-state index in [2.05, 4.69) is 31.8 Å². The minimum absolute atomic E-state index is 0.167. The Kier molecular flexibility index (Phi) is 3.11. The van der Waals surface area contributed by atoms with E-state index < -0.39 is 12.1 Å². The van der Waals surface area contributed by atoms with Crippen LogP contribution in [0.15, 0.2) is 27.9 Å². The molecule has 1 aromatic heterocycles. The van der Waals surface area contributed by atoms with Crippen molar-refractivity contribution < 1.29 is 4.79 Å². The van der Waals surface area contributed by atoms with Crippen molar-refractivity contribution in [1.29, 1.82) is 0 Å². The van der Waals surface area contributed by atoms with Crippen molar-refractivity contribution in [3.63, 3.8) is 0 Å². The van der Waals surface area contributed by atoms with Gasteiger partial charge in [0, 0.05) is 22.4 Å². The Hall–Kier alpha value is -1.87. The Morgan fingerprint density at radius 2 is 2.35 bits per heavy atom. The summed E-state index contributed by atoms with van der Waals surface area (Å²) < 4.78 is 0.808. The Morgan fingerprint density at radius 1 is 1.59 bits per heavy atom. The molecular weight excluding hydrogens is 284 g/mol. The van der Waals surface area contributed by atoms with E-state index in [-0.39, 0.29) is 12.4 Å². The standard InChI is InChI=1S/C11H9BrN4O/c1-2-3-16-9(10(13)15-11(16)17)7-4-8(12)6-14-5-7/h1,4-6,9H,3H2,(H2,13,15,17). The van der Waals surface area contributed by atoms with Crippen LogP contribution in [0.4, 0.5) is 4.79 Å². The minimum Gasteiger partial charge on any atom is -0.385 e.